The molecule has 0 unspecified atom stereocenters. The van der Waals surface area contributed by atoms with Crippen molar-refractivity contribution in [3.63, 3.8) is 0 Å². The summed E-state index contributed by atoms with van der Waals surface area (Å²) >= 11 is 5.81. The number of fused-ring (bicyclic) bond motifs is 3. The van der Waals surface area contributed by atoms with Crippen LogP contribution in [-0.2, 0) is 0 Å². The largest absolute Gasteiger partial charge is 0.0840 e. The molecule has 0 amide bonds. The van der Waals surface area contributed by atoms with Crippen molar-refractivity contribution in [1.29, 1.82) is 0 Å². The number of hydrogen-bond acceptors (Lipinski definition) is 0. The number of hydrogen-bond donors (Lipinski definition) is 0. The Morgan fingerprint density at radius 2 is 0.409 bits per heavy atom. The molecule has 478 valence electrons. The third-order valence-electron chi connectivity index (χ3n) is 16.3. The molecule has 0 bridgehead atoms. The fraction of sp³-hybridized carbons (Fsp3) is 0.217. The molecule has 0 saturated carbocycles. The molecular formula is C92H103Cl. The zero-order valence-corrected chi connectivity index (χ0v) is 60.5. The van der Waals surface area contributed by atoms with Gasteiger partial charge in [-0.2, -0.15) is 0 Å². The van der Waals surface area contributed by atoms with Gasteiger partial charge in [-0.25, -0.2) is 0 Å². The molecule has 0 nitrogen and oxygen atoms in total. The fourth-order valence-electron chi connectivity index (χ4n) is 10.1. The van der Waals surface area contributed by atoms with E-state index < -0.39 is 0 Å². The molecule has 0 heterocycles. The minimum Gasteiger partial charge on any atom is -0.0840 e. The molecular weight excluding hydrogens is 1140 g/mol. The maximum absolute atomic E-state index is 5.81. The molecule has 13 rings (SSSR count). The summed E-state index contributed by atoms with van der Waals surface area (Å²) < 4.78 is 0. The monoisotopic (exact) mass is 1240 g/mol. The molecule has 0 fully saturated rings. The van der Waals surface area contributed by atoms with Crippen molar-refractivity contribution in [1.82, 2.24) is 0 Å². The van der Waals surface area contributed by atoms with Crippen molar-refractivity contribution in [3.05, 3.63) is 377 Å². The zero-order chi connectivity index (χ0) is 68.1. The van der Waals surface area contributed by atoms with E-state index >= 15 is 0 Å². The summed E-state index contributed by atoms with van der Waals surface area (Å²) in [5.74, 6) is 0. The van der Waals surface area contributed by atoms with Crippen molar-refractivity contribution in [3.8, 4) is 11.1 Å². The second-order valence-electron chi connectivity index (χ2n) is 25.3. The maximum Gasteiger partial charge on any atom is 0.0437 e. The van der Waals surface area contributed by atoms with Crippen LogP contribution < -0.4 is 0 Å². The van der Waals surface area contributed by atoms with Gasteiger partial charge in [-0.3, -0.25) is 0 Å². The standard InChI is InChI=1S/C14H14.3C12H12.2C9H12.C8H9Cl.2C8H10/c1-11-3-7-13(8-4-11)14-9-5-12(2)6-10-14;1-9-3-5-12-8-10(2)4-6-11(12)7-9;1-9-5-3-8-12-10(2)6-4-7-11(9)12;1-9-7-8-10(2)12-6-4-3-5-11(9)12;2*1-7-4-5-8(2)9(3)6-7;1-6-3-4-7(2)8(9)5-6;1-7-3-5-8(2)6-4-7;1-7-4-3-5-8(2)6-7/h3-10H,1-2H3;3*3-8H,1-2H3;2*4-6H,1-3H3;3-5H,1-2H3;2*3-6H,1-2H3. The van der Waals surface area contributed by atoms with E-state index in [2.05, 4.69) is 373 Å². The van der Waals surface area contributed by atoms with E-state index in [0.29, 0.717) is 0 Å². The van der Waals surface area contributed by atoms with Crippen LogP contribution in [0.5, 0.6) is 0 Å². The van der Waals surface area contributed by atoms with Crippen LogP contribution in [0.4, 0.5) is 0 Å². The molecule has 93 heavy (non-hydrogen) atoms. The van der Waals surface area contributed by atoms with Crippen LogP contribution in [0.3, 0.4) is 0 Å². The fourth-order valence-corrected chi connectivity index (χ4v) is 10.4. The van der Waals surface area contributed by atoms with E-state index in [-0.39, 0.29) is 0 Å². The predicted molar refractivity (Wildman–Crippen MR) is 416 cm³/mol. The summed E-state index contributed by atoms with van der Waals surface area (Å²) in [5.41, 5.74) is 29.2. The van der Waals surface area contributed by atoms with Gasteiger partial charge < -0.3 is 0 Å². The van der Waals surface area contributed by atoms with Gasteiger partial charge >= 0.3 is 0 Å². The zero-order valence-electron chi connectivity index (χ0n) is 59.7. The SMILES string of the molecule is Cc1ccc(-c2ccc(C)cc2)cc1.Cc1ccc(C)c(C)c1.Cc1ccc(C)c(C)c1.Cc1ccc(C)c(Cl)c1.Cc1ccc(C)c2ccccc12.Cc1ccc(C)cc1.Cc1ccc2cc(C)ccc2c1.Cc1cccc(C)c1.Cc1cccc2c(C)cccc12. The third-order valence-corrected chi connectivity index (χ3v) is 16.8. The first-order chi connectivity index (χ1) is 44.3. The normalized spacial score (nSPS) is 9.99. The molecule has 0 saturated heterocycles. The van der Waals surface area contributed by atoms with Gasteiger partial charge in [-0.15, -0.1) is 0 Å². The quantitative estimate of drug-likeness (QED) is 0.154. The first kappa shape index (κ1) is 74.7. The maximum atomic E-state index is 5.81. The summed E-state index contributed by atoms with van der Waals surface area (Å²) in [6, 6.07) is 92.1. The van der Waals surface area contributed by atoms with E-state index in [0.717, 1.165) is 10.6 Å². The van der Waals surface area contributed by atoms with Crippen LogP contribution in [0.1, 0.15) is 111 Å². The Bertz CT molecular complexity index is 4050. The summed E-state index contributed by atoms with van der Waals surface area (Å²) in [6.07, 6.45) is 0. The molecule has 0 radical (unpaired) electrons. The van der Waals surface area contributed by atoms with Crippen molar-refractivity contribution in [2.24, 2.45) is 0 Å². The van der Waals surface area contributed by atoms with Crippen LogP contribution in [0, 0.1) is 138 Å². The lowest BCUT2D eigenvalue weighted by atomic mass is 10.0. The van der Waals surface area contributed by atoms with Crippen LogP contribution >= 0.6 is 11.6 Å². The van der Waals surface area contributed by atoms with E-state index in [1.807, 2.05) is 26.0 Å². The van der Waals surface area contributed by atoms with Gasteiger partial charge in [0.05, 0.1) is 0 Å². The Morgan fingerprint density at radius 3 is 0.710 bits per heavy atom. The lowest BCUT2D eigenvalue weighted by Crippen LogP contribution is -1.80. The second-order valence-corrected chi connectivity index (χ2v) is 25.7. The molecule has 13 aromatic carbocycles. The lowest BCUT2D eigenvalue weighted by molar-refractivity contribution is 1.30. The molecule has 0 N–H and O–H groups in total. The average molecular weight is 1240 g/mol. The molecule has 0 atom stereocenters. The minimum absolute atomic E-state index is 0.856. The first-order valence-corrected chi connectivity index (χ1v) is 33.0. The van der Waals surface area contributed by atoms with Gasteiger partial charge in [-0.05, 0) is 244 Å². The molecule has 0 aliphatic heterocycles. The van der Waals surface area contributed by atoms with Gasteiger partial charge in [0, 0.05) is 5.02 Å². The van der Waals surface area contributed by atoms with Gasteiger partial charge in [-0.1, -0.05) is 322 Å². The highest BCUT2D eigenvalue weighted by atomic mass is 35.5. The highest BCUT2D eigenvalue weighted by molar-refractivity contribution is 6.31. The Hall–Kier alpha value is -9.07. The highest BCUT2D eigenvalue weighted by Crippen LogP contribution is 2.24. The number of halogens is 1. The Kier molecular flexibility index (Phi) is 30.6. The lowest BCUT2D eigenvalue weighted by Gasteiger charge is -2.03. The topological polar surface area (TPSA) is 0 Å². The molecule has 0 aliphatic rings. The summed E-state index contributed by atoms with van der Waals surface area (Å²) in [7, 11) is 0. The number of benzene rings is 13. The van der Waals surface area contributed by atoms with Crippen LogP contribution in [0.15, 0.2) is 261 Å². The Balaban J connectivity index is 0.000000191. The van der Waals surface area contributed by atoms with Crippen LogP contribution in [-0.4, -0.2) is 0 Å². The smallest absolute Gasteiger partial charge is 0.0437 e. The van der Waals surface area contributed by atoms with Crippen LogP contribution in [0.2, 0.25) is 5.02 Å². The van der Waals surface area contributed by atoms with Gasteiger partial charge in [0.15, 0.2) is 0 Å². The molecule has 13 aromatic rings. The van der Waals surface area contributed by atoms with Crippen molar-refractivity contribution in [2.75, 3.05) is 0 Å². The number of aryl methyl sites for hydroxylation is 20. The summed E-state index contributed by atoms with van der Waals surface area (Å²) in [5, 5.41) is 9.02. The van der Waals surface area contributed by atoms with Gasteiger partial charge in [0.25, 0.3) is 0 Å². The van der Waals surface area contributed by atoms with Crippen molar-refractivity contribution in [2.45, 2.75) is 138 Å². The predicted octanol–water partition coefficient (Wildman–Crippen LogP) is 27.1. The van der Waals surface area contributed by atoms with E-state index in [4.69, 9.17) is 11.6 Å². The average Bonchev–Trinajstić information content (AvgIpc) is 1.72. The molecule has 0 aromatic heterocycles. The third kappa shape index (κ3) is 26.2. The Labute approximate surface area is 567 Å². The van der Waals surface area contributed by atoms with E-state index in [9.17, 15) is 0 Å². The highest BCUT2D eigenvalue weighted by Gasteiger charge is 2.01. The summed E-state index contributed by atoms with van der Waals surface area (Å²) in [6.45, 7) is 42.3. The second kappa shape index (κ2) is 38.1. The molecule has 1 heteroatoms. The van der Waals surface area contributed by atoms with Crippen molar-refractivity contribution < 1.29 is 0 Å². The van der Waals surface area contributed by atoms with E-state index in [1.54, 1.807) is 0 Å². The first-order valence-electron chi connectivity index (χ1n) is 32.6. The van der Waals surface area contributed by atoms with Crippen molar-refractivity contribution >= 4 is 43.9 Å². The Morgan fingerprint density at radius 1 is 0.161 bits per heavy atom. The molecule has 0 aliphatic carbocycles. The number of rotatable bonds is 1. The molecule has 0 spiro atoms. The minimum atomic E-state index is 0.856. The van der Waals surface area contributed by atoms with E-state index in [1.165, 1.54) is 149 Å². The van der Waals surface area contributed by atoms with Crippen LogP contribution in [0.25, 0.3) is 43.4 Å². The van der Waals surface area contributed by atoms with Gasteiger partial charge in [0.2, 0.25) is 0 Å². The van der Waals surface area contributed by atoms with Gasteiger partial charge in [0.1, 0.15) is 0 Å². The summed E-state index contributed by atoms with van der Waals surface area (Å²) in [4.78, 5) is 0.